The van der Waals surface area contributed by atoms with Crippen LogP contribution in [0.15, 0.2) is 30.9 Å². The van der Waals surface area contributed by atoms with Crippen LogP contribution in [0.3, 0.4) is 0 Å². The van der Waals surface area contributed by atoms with Crippen LogP contribution < -0.4 is 10.6 Å². The minimum Gasteiger partial charge on any atom is -0.383 e. The molecule has 0 radical (unpaired) electrons. The monoisotopic (exact) mass is 291 g/mol. The number of nitrogens with one attached hydrogen (secondary N) is 2. The van der Waals surface area contributed by atoms with Crippen LogP contribution in [-0.2, 0) is 0 Å². The summed E-state index contributed by atoms with van der Waals surface area (Å²) in [4.78, 5) is 3.99. The summed E-state index contributed by atoms with van der Waals surface area (Å²) < 4.78 is 1.75. The molecule has 2 heterocycles. The van der Waals surface area contributed by atoms with Gasteiger partial charge in [0.1, 0.15) is 12.7 Å². The maximum atomic E-state index is 6.10. The van der Waals surface area contributed by atoms with E-state index in [-0.39, 0.29) is 0 Å². The van der Waals surface area contributed by atoms with E-state index >= 15 is 0 Å². The molecule has 2 N–H and O–H groups in total. The van der Waals surface area contributed by atoms with Gasteiger partial charge in [-0.25, -0.2) is 9.67 Å². The highest BCUT2D eigenvalue weighted by Gasteiger charge is 2.14. The third-order valence-corrected chi connectivity index (χ3v) is 3.84. The van der Waals surface area contributed by atoms with Crippen molar-refractivity contribution in [3.8, 4) is 5.69 Å². The second-order valence-corrected chi connectivity index (χ2v) is 5.53. The van der Waals surface area contributed by atoms with Crippen molar-refractivity contribution in [3.63, 3.8) is 0 Å². The van der Waals surface area contributed by atoms with Crippen molar-refractivity contribution in [1.82, 2.24) is 20.1 Å². The fraction of sp³-hybridized carbons (Fsp3) is 0.429. The van der Waals surface area contributed by atoms with Crippen LogP contribution in [0, 0.1) is 5.92 Å². The maximum Gasteiger partial charge on any atom is 0.138 e. The van der Waals surface area contributed by atoms with Crippen molar-refractivity contribution >= 4 is 17.3 Å². The highest BCUT2D eigenvalue weighted by molar-refractivity contribution is 6.31. The lowest BCUT2D eigenvalue weighted by atomic mass is 9.99. The predicted molar refractivity (Wildman–Crippen MR) is 80.5 cm³/mol. The minimum atomic E-state index is 0.659. The number of halogens is 1. The number of anilines is 1. The number of nitrogens with zero attached hydrogens (tertiary/aromatic N) is 3. The molecule has 1 unspecified atom stereocenters. The number of hydrogen-bond acceptors (Lipinski definition) is 4. The summed E-state index contributed by atoms with van der Waals surface area (Å²) in [6, 6.07) is 5.76. The first-order valence-electron chi connectivity index (χ1n) is 6.92. The lowest BCUT2D eigenvalue weighted by molar-refractivity contribution is 0.393. The van der Waals surface area contributed by atoms with E-state index in [2.05, 4.69) is 20.7 Å². The topological polar surface area (TPSA) is 54.8 Å². The van der Waals surface area contributed by atoms with Gasteiger partial charge in [-0.1, -0.05) is 11.6 Å². The van der Waals surface area contributed by atoms with Gasteiger partial charge in [-0.2, -0.15) is 5.10 Å². The third kappa shape index (κ3) is 3.11. The van der Waals surface area contributed by atoms with Gasteiger partial charge >= 0.3 is 0 Å². The van der Waals surface area contributed by atoms with Gasteiger partial charge in [-0.3, -0.25) is 0 Å². The maximum absolute atomic E-state index is 6.10. The molecule has 5 nitrogen and oxygen atoms in total. The summed E-state index contributed by atoms with van der Waals surface area (Å²) in [6.45, 7) is 3.15. The van der Waals surface area contributed by atoms with Gasteiger partial charge in [0.2, 0.25) is 0 Å². The predicted octanol–water partition coefficient (Wildman–Crippen LogP) is 2.33. The van der Waals surface area contributed by atoms with Gasteiger partial charge < -0.3 is 10.6 Å². The van der Waals surface area contributed by atoms with Crippen molar-refractivity contribution < 1.29 is 0 Å². The summed E-state index contributed by atoms with van der Waals surface area (Å²) >= 11 is 6.10. The number of aromatic nitrogens is 3. The normalized spacial score (nSPS) is 18.9. The third-order valence-electron chi connectivity index (χ3n) is 3.60. The number of piperidine rings is 1. The second kappa shape index (κ2) is 6.24. The molecule has 1 aromatic heterocycles. The minimum absolute atomic E-state index is 0.659. The van der Waals surface area contributed by atoms with Crippen LogP contribution in [0.25, 0.3) is 5.69 Å². The number of benzene rings is 1. The van der Waals surface area contributed by atoms with Crippen molar-refractivity contribution in [2.24, 2.45) is 5.92 Å². The van der Waals surface area contributed by atoms with E-state index in [1.165, 1.54) is 19.2 Å². The van der Waals surface area contributed by atoms with Gasteiger partial charge in [0.25, 0.3) is 0 Å². The quantitative estimate of drug-likeness (QED) is 0.908. The van der Waals surface area contributed by atoms with E-state index in [0.29, 0.717) is 5.92 Å². The standard InChI is InChI=1S/C14H18ClN5/c15-12-3-4-14(20-10-17-9-19-20)13(6-12)18-8-11-2-1-5-16-7-11/h3-4,6,9-11,16,18H,1-2,5,7-8H2. The van der Waals surface area contributed by atoms with E-state index in [1.807, 2.05) is 18.2 Å². The molecule has 0 aliphatic carbocycles. The molecule has 0 spiro atoms. The molecule has 20 heavy (non-hydrogen) atoms. The fourth-order valence-corrected chi connectivity index (χ4v) is 2.71. The van der Waals surface area contributed by atoms with Crippen molar-refractivity contribution in [1.29, 1.82) is 0 Å². The average Bonchev–Trinajstić information content (AvgIpc) is 3.00. The van der Waals surface area contributed by atoms with Crippen LogP contribution in [0.1, 0.15) is 12.8 Å². The van der Waals surface area contributed by atoms with Gasteiger partial charge in [-0.15, -0.1) is 0 Å². The molecule has 1 saturated heterocycles. The zero-order chi connectivity index (χ0) is 13.8. The summed E-state index contributed by atoms with van der Waals surface area (Å²) in [5, 5.41) is 11.8. The lowest BCUT2D eigenvalue weighted by Gasteiger charge is -2.24. The first kappa shape index (κ1) is 13.4. The molecule has 1 aliphatic heterocycles. The molecule has 1 aromatic carbocycles. The number of rotatable bonds is 4. The molecule has 2 aromatic rings. The molecule has 0 bridgehead atoms. The molecule has 106 valence electrons. The Labute approximate surface area is 123 Å². The van der Waals surface area contributed by atoms with Gasteiger partial charge in [-0.05, 0) is 50.0 Å². The SMILES string of the molecule is Clc1ccc(-n2cncn2)c(NCC2CCCNC2)c1. The van der Waals surface area contributed by atoms with Crippen LogP contribution in [0.2, 0.25) is 5.02 Å². The van der Waals surface area contributed by atoms with Crippen LogP contribution in [-0.4, -0.2) is 34.4 Å². The molecule has 1 atom stereocenters. The van der Waals surface area contributed by atoms with E-state index in [0.717, 1.165) is 36.0 Å². The van der Waals surface area contributed by atoms with E-state index in [1.54, 1.807) is 11.0 Å². The van der Waals surface area contributed by atoms with Gasteiger partial charge in [0, 0.05) is 11.6 Å². The molecule has 0 amide bonds. The Hall–Kier alpha value is -1.59. The summed E-state index contributed by atoms with van der Waals surface area (Å²) in [5.74, 6) is 0.659. The van der Waals surface area contributed by atoms with Crippen molar-refractivity contribution in [2.75, 3.05) is 25.0 Å². The summed E-state index contributed by atoms with van der Waals surface area (Å²) in [6.07, 6.45) is 5.73. The van der Waals surface area contributed by atoms with Gasteiger partial charge in [0.15, 0.2) is 0 Å². The number of hydrogen-bond donors (Lipinski definition) is 2. The summed E-state index contributed by atoms with van der Waals surface area (Å²) in [7, 11) is 0. The Bertz CT molecular complexity index is 549. The highest BCUT2D eigenvalue weighted by atomic mass is 35.5. The zero-order valence-corrected chi connectivity index (χ0v) is 12.0. The van der Waals surface area contributed by atoms with Gasteiger partial charge in [0.05, 0.1) is 11.4 Å². The molecular formula is C14H18ClN5. The fourth-order valence-electron chi connectivity index (χ4n) is 2.53. The highest BCUT2D eigenvalue weighted by Crippen LogP contribution is 2.24. The molecule has 0 saturated carbocycles. The first-order chi connectivity index (χ1) is 9.83. The molecule has 1 fully saturated rings. The second-order valence-electron chi connectivity index (χ2n) is 5.09. The Kier molecular flexibility index (Phi) is 4.18. The van der Waals surface area contributed by atoms with E-state index in [9.17, 15) is 0 Å². The molecule has 1 aliphatic rings. The molecule has 3 rings (SSSR count). The largest absolute Gasteiger partial charge is 0.383 e. The Balaban J connectivity index is 1.75. The zero-order valence-electron chi connectivity index (χ0n) is 11.2. The Morgan fingerprint density at radius 3 is 3.15 bits per heavy atom. The van der Waals surface area contributed by atoms with Crippen LogP contribution >= 0.6 is 11.6 Å². The van der Waals surface area contributed by atoms with E-state index < -0.39 is 0 Å². The van der Waals surface area contributed by atoms with Crippen LogP contribution in [0.5, 0.6) is 0 Å². The molecular weight excluding hydrogens is 274 g/mol. The Morgan fingerprint density at radius 2 is 2.40 bits per heavy atom. The molecule has 6 heteroatoms. The van der Waals surface area contributed by atoms with E-state index in [4.69, 9.17) is 11.6 Å². The first-order valence-corrected chi connectivity index (χ1v) is 7.30. The van der Waals surface area contributed by atoms with Crippen molar-refractivity contribution in [3.05, 3.63) is 35.9 Å². The average molecular weight is 292 g/mol. The smallest absolute Gasteiger partial charge is 0.138 e. The summed E-state index contributed by atoms with van der Waals surface area (Å²) in [5.41, 5.74) is 1.96. The lowest BCUT2D eigenvalue weighted by Crippen LogP contribution is -2.33. The van der Waals surface area contributed by atoms with Crippen molar-refractivity contribution in [2.45, 2.75) is 12.8 Å². The Morgan fingerprint density at radius 1 is 1.45 bits per heavy atom. The van der Waals surface area contributed by atoms with Crippen LogP contribution in [0.4, 0.5) is 5.69 Å².